The normalized spacial score (nSPS) is 15.9. The number of nitrogens with zero attached hydrogens (tertiary/aromatic N) is 1. The molecule has 3 aromatic rings. The van der Waals surface area contributed by atoms with Gasteiger partial charge in [-0.05, 0) is 24.6 Å². The van der Waals surface area contributed by atoms with Gasteiger partial charge in [-0.25, -0.2) is 4.79 Å². The lowest BCUT2D eigenvalue weighted by Crippen LogP contribution is -2.30. The molecule has 0 amide bonds. The fourth-order valence-electron chi connectivity index (χ4n) is 3.43. The van der Waals surface area contributed by atoms with Gasteiger partial charge in [0.15, 0.2) is 5.75 Å². The van der Waals surface area contributed by atoms with E-state index in [0.717, 1.165) is 16.5 Å². The number of hydrogen-bond acceptors (Lipinski definition) is 6. The summed E-state index contributed by atoms with van der Waals surface area (Å²) >= 11 is 0. The van der Waals surface area contributed by atoms with E-state index in [1.165, 1.54) is 6.20 Å². The van der Waals surface area contributed by atoms with Crippen molar-refractivity contribution in [3.63, 3.8) is 0 Å². The minimum atomic E-state index is -0.655. The Labute approximate surface area is 154 Å². The minimum absolute atomic E-state index is 0.00360. The standard InChI is InChI=1S/C20H16N2O5/c1-2-26-20(25)14-10-22-19(24)17-13(9-16(23)27-18(14)17)11-7-8-21-15-6-4-3-5-12(11)15/h3-8,10,13H,2,9H2,1H3,(H,22,24)/t13-/m0/s1. The molecular formula is C20H16N2O5. The number of aromatic nitrogens is 2. The highest BCUT2D eigenvalue weighted by atomic mass is 16.5. The van der Waals surface area contributed by atoms with Gasteiger partial charge in [0.05, 0.1) is 24.1 Å². The minimum Gasteiger partial charge on any atom is -0.462 e. The Balaban J connectivity index is 1.96. The summed E-state index contributed by atoms with van der Waals surface area (Å²) in [4.78, 5) is 44.0. The molecule has 0 spiro atoms. The molecule has 1 atom stereocenters. The number of carbonyl (C=O) groups is 2. The molecule has 0 aliphatic carbocycles. The highest BCUT2D eigenvalue weighted by Gasteiger charge is 2.35. The van der Waals surface area contributed by atoms with Crippen molar-refractivity contribution < 1.29 is 19.1 Å². The van der Waals surface area contributed by atoms with Crippen LogP contribution in [0.15, 0.2) is 47.5 Å². The molecule has 7 heteroatoms. The second-order valence-corrected chi connectivity index (χ2v) is 6.14. The van der Waals surface area contributed by atoms with Crippen LogP contribution >= 0.6 is 0 Å². The molecule has 4 rings (SSSR count). The van der Waals surface area contributed by atoms with Gasteiger partial charge in [-0.2, -0.15) is 0 Å². The van der Waals surface area contributed by atoms with E-state index in [1.807, 2.05) is 24.3 Å². The summed E-state index contributed by atoms with van der Waals surface area (Å²) in [6.45, 7) is 1.84. The molecule has 0 radical (unpaired) electrons. The number of hydrogen-bond donors (Lipinski definition) is 1. The molecule has 27 heavy (non-hydrogen) atoms. The van der Waals surface area contributed by atoms with Crippen molar-refractivity contribution in [3.05, 3.63) is 69.8 Å². The van der Waals surface area contributed by atoms with Crippen LogP contribution in [0, 0.1) is 0 Å². The summed E-state index contributed by atoms with van der Waals surface area (Å²) in [5, 5.41) is 0.839. The number of aromatic amines is 1. The van der Waals surface area contributed by atoms with Crippen LogP contribution in [-0.2, 0) is 9.53 Å². The molecule has 1 aliphatic heterocycles. The number of pyridine rings is 2. The summed E-state index contributed by atoms with van der Waals surface area (Å²) < 4.78 is 10.3. The molecule has 1 aliphatic rings. The molecule has 7 nitrogen and oxygen atoms in total. The smallest absolute Gasteiger partial charge is 0.343 e. The molecule has 0 bridgehead atoms. The van der Waals surface area contributed by atoms with Crippen molar-refractivity contribution >= 4 is 22.8 Å². The van der Waals surface area contributed by atoms with Gasteiger partial charge in [-0.15, -0.1) is 0 Å². The first kappa shape index (κ1) is 17.0. The van der Waals surface area contributed by atoms with Gasteiger partial charge >= 0.3 is 11.9 Å². The van der Waals surface area contributed by atoms with Gasteiger partial charge in [0.1, 0.15) is 5.56 Å². The lowest BCUT2D eigenvalue weighted by Gasteiger charge is -2.25. The SMILES string of the molecule is CCOC(=O)c1c[nH]c(=O)c2c1OC(=O)C[C@H]2c1ccnc2ccccc12. The summed E-state index contributed by atoms with van der Waals surface area (Å²) in [5.41, 5.74) is 1.41. The fraction of sp³-hybridized carbons (Fsp3) is 0.200. The van der Waals surface area contributed by atoms with Gasteiger partial charge in [0.2, 0.25) is 0 Å². The average molecular weight is 364 g/mol. The fourth-order valence-corrected chi connectivity index (χ4v) is 3.43. The van der Waals surface area contributed by atoms with Gasteiger partial charge in [0.25, 0.3) is 5.56 Å². The molecular weight excluding hydrogens is 348 g/mol. The lowest BCUT2D eigenvalue weighted by atomic mass is 9.85. The molecule has 136 valence electrons. The molecule has 1 aromatic carbocycles. The third kappa shape index (κ3) is 2.87. The zero-order valence-corrected chi connectivity index (χ0v) is 14.5. The van der Waals surface area contributed by atoms with Gasteiger partial charge in [-0.3, -0.25) is 14.6 Å². The Morgan fingerprint density at radius 1 is 1.30 bits per heavy atom. The zero-order chi connectivity index (χ0) is 19.0. The van der Waals surface area contributed by atoms with Crippen molar-refractivity contribution in [2.24, 2.45) is 0 Å². The largest absolute Gasteiger partial charge is 0.462 e. The highest BCUT2D eigenvalue weighted by Crippen LogP contribution is 2.40. The van der Waals surface area contributed by atoms with E-state index in [4.69, 9.17) is 9.47 Å². The third-order valence-corrected chi connectivity index (χ3v) is 4.57. The maximum Gasteiger partial charge on any atom is 0.343 e. The summed E-state index contributed by atoms with van der Waals surface area (Å²) in [7, 11) is 0. The van der Waals surface area contributed by atoms with Crippen LogP contribution in [0.1, 0.15) is 40.7 Å². The Kier molecular flexibility index (Phi) is 4.19. The van der Waals surface area contributed by atoms with Crippen LogP contribution in [0.25, 0.3) is 10.9 Å². The number of ether oxygens (including phenoxy) is 2. The van der Waals surface area contributed by atoms with Crippen molar-refractivity contribution in [2.75, 3.05) is 6.61 Å². The van der Waals surface area contributed by atoms with Gasteiger partial charge in [0, 0.05) is 23.7 Å². The molecule has 1 N–H and O–H groups in total. The number of H-pyrrole nitrogens is 1. The van der Waals surface area contributed by atoms with E-state index in [9.17, 15) is 14.4 Å². The number of benzene rings is 1. The first-order valence-corrected chi connectivity index (χ1v) is 8.57. The van der Waals surface area contributed by atoms with E-state index in [-0.39, 0.29) is 29.9 Å². The predicted molar refractivity (Wildman–Crippen MR) is 96.9 cm³/mol. The topological polar surface area (TPSA) is 98.4 Å². The van der Waals surface area contributed by atoms with Crippen molar-refractivity contribution in [2.45, 2.75) is 19.3 Å². The molecule has 0 fully saturated rings. The van der Waals surface area contributed by atoms with Crippen LogP contribution in [0.3, 0.4) is 0 Å². The number of nitrogens with one attached hydrogen (secondary N) is 1. The van der Waals surface area contributed by atoms with Crippen molar-refractivity contribution in [3.8, 4) is 5.75 Å². The molecule has 3 heterocycles. The Morgan fingerprint density at radius 3 is 2.93 bits per heavy atom. The Hall–Kier alpha value is -3.48. The second-order valence-electron chi connectivity index (χ2n) is 6.14. The van der Waals surface area contributed by atoms with Crippen LogP contribution in [0.2, 0.25) is 0 Å². The third-order valence-electron chi connectivity index (χ3n) is 4.57. The van der Waals surface area contributed by atoms with Crippen molar-refractivity contribution in [1.29, 1.82) is 0 Å². The van der Waals surface area contributed by atoms with Crippen LogP contribution in [0.4, 0.5) is 0 Å². The predicted octanol–water partition coefficient (Wildman–Crippen LogP) is 2.54. The second kappa shape index (κ2) is 6.68. The Morgan fingerprint density at radius 2 is 2.11 bits per heavy atom. The first-order valence-electron chi connectivity index (χ1n) is 8.57. The van der Waals surface area contributed by atoms with E-state index in [2.05, 4.69) is 9.97 Å². The average Bonchev–Trinajstić information content (AvgIpc) is 2.67. The maximum absolute atomic E-state index is 12.6. The van der Waals surface area contributed by atoms with Crippen LogP contribution in [-0.4, -0.2) is 28.5 Å². The Bertz CT molecular complexity index is 1110. The maximum atomic E-state index is 12.6. The number of para-hydroxylation sites is 1. The molecule has 0 saturated carbocycles. The molecule has 0 saturated heterocycles. The van der Waals surface area contributed by atoms with E-state index in [1.54, 1.807) is 19.2 Å². The van der Waals surface area contributed by atoms with Gasteiger partial charge < -0.3 is 14.5 Å². The number of carbonyl (C=O) groups excluding carboxylic acids is 2. The zero-order valence-electron chi connectivity index (χ0n) is 14.5. The summed E-state index contributed by atoms with van der Waals surface area (Å²) in [6, 6.07) is 9.27. The molecule has 0 unspecified atom stereocenters. The number of rotatable bonds is 3. The quantitative estimate of drug-likeness (QED) is 0.717. The van der Waals surface area contributed by atoms with Gasteiger partial charge in [-0.1, -0.05) is 18.2 Å². The summed E-state index contributed by atoms with van der Waals surface area (Å²) in [6.07, 6.45) is 2.86. The van der Waals surface area contributed by atoms with Crippen LogP contribution in [0.5, 0.6) is 5.75 Å². The van der Waals surface area contributed by atoms with Crippen LogP contribution < -0.4 is 10.3 Å². The monoisotopic (exact) mass is 364 g/mol. The number of fused-ring (bicyclic) bond motifs is 2. The lowest BCUT2D eigenvalue weighted by molar-refractivity contribution is -0.135. The molecule has 2 aromatic heterocycles. The van der Waals surface area contributed by atoms with E-state index < -0.39 is 23.4 Å². The first-order chi connectivity index (χ1) is 13.1. The van der Waals surface area contributed by atoms with E-state index >= 15 is 0 Å². The highest BCUT2D eigenvalue weighted by molar-refractivity contribution is 5.95. The number of esters is 2. The summed E-state index contributed by atoms with van der Waals surface area (Å²) in [5.74, 6) is -1.74. The van der Waals surface area contributed by atoms with E-state index in [0.29, 0.717) is 0 Å². The van der Waals surface area contributed by atoms with Crippen molar-refractivity contribution in [1.82, 2.24) is 9.97 Å².